The summed E-state index contributed by atoms with van der Waals surface area (Å²) in [7, 11) is 0. The van der Waals surface area contributed by atoms with Crippen molar-refractivity contribution < 1.29 is 9.53 Å². The molecule has 7 nitrogen and oxygen atoms in total. The Morgan fingerprint density at radius 1 is 1.38 bits per heavy atom. The van der Waals surface area contributed by atoms with E-state index in [2.05, 4.69) is 20.4 Å². The number of hydrogen-bond acceptors (Lipinski definition) is 6. The molecule has 24 heavy (non-hydrogen) atoms. The zero-order chi connectivity index (χ0) is 16.8. The first-order chi connectivity index (χ1) is 11.7. The minimum absolute atomic E-state index is 0.0531. The second kappa shape index (κ2) is 8.39. The predicted octanol–water partition coefficient (Wildman–Crippen LogP) is 0.990. The molecule has 132 valence electrons. The third-order valence-corrected chi connectivity index (χ3v) is 4.83. The quantitative estimate of drug-likeness (QED) is 0.866. The molecule has 2 fully saturated rings. The van der Waals surface area contributed by atoms with E-state index in [4.69, 9.17) is 4.74 Å². The van der Waals surface area contributed by atoms with Crippen LogP contribution in [0.15, 0.2) is 18.3 Å². The van der Waals surface area contributed by atoms with Crippen LogP contribution >= 0.6 is 0 Å². The Bertz CT molecular complexity index is 521. The third kappa shape index (κ3) is 4.42. The molecule has 1 aromatic heterocycles. The molecule has 0 bridgehead atoms. The normalized spacial score (nSPS) is 23.7. The molecular weight excluding hydrogens is 306 g/mol. The van der Waals surface area contributed by atoms with E-state index in [0.717, 1.165) is 44.8 Å². The van der Waals surface area contributed by atoms with Gasteiger partial charge in [-0.1, -0.05) is 0 Å². The maximum Gasteiger partial charge on any atom is 0.239 e. The molecule has 2 aliphatic heterocycles. The highest BCUT2D eigenvalue weighted by atomic mass is 16.5. The molecular formula is C17H27N5O2. The van der Waals surface area contributed by atoms with Crippen LogP contribution in [0.4, 0.5) is 5.82 Å². The minimum atomic E-state index is -0.0778. The highest BCUT2D eigenvalue weighted by Gasteiger charge is 2.30. The minimum Gasteiger partial charge on any atom is -0.374 e. The zero-order valence-electron chi connectivity index (χ0n) is 14.4. The fourth-order valence-electron chi connectivity index (χ4n) is 3.37. The van der Waals surface area contributed by atoms with Crippen molar-refractivity contribution in [1.82, 2.24) is 20.0 Å². The lowest BCUT2D eigenvalue weighted by Crippen LogP contribution is -2.54. The van der Waals surface area contributed by atoms with Crippen LogP contribution in [0.3, 0.4) is 0 Å². The highest BCUT2D eigenvalue weighted by Crippen LogP contribution is 2.15. The summed E-state index contributed by atoms with van der Waals surface area (Å²) in [4.78, 5) is 17.0. The molecule has 1 aromatic rings. The van der Waals surface area contributed by atoms with E-state index < -0.39 is 0 Å². The molecule has 3 rings (SSSR count). The van der Waals surface area contributed by atoms with Gasteiger partial charge in [-0.3, -0.25) is 9.69 Å². The number of aromatic nitrogens is 2. The van der Waals surface area contributed by atoms with Crippen LogP contribution in [0.2, 0.25) is 0 Å². The van der Waals surface area contributed by atoms with Crippen LogP contribution in [-0.2, 0) is 9.53 Å². The lowest BCUT2D eigenvalue weighted by molar-refractivity contribution is -0.140. The van der Waals surface area contributed by atoms with Crippen LogP contribution < -0.4 is 5.32 Å². The first-order valence-electron chi connectivity index (χ1n) is 8.90. The van der Waals surface area contributed by atoms with Gasteiger partial charge in [-0.2, -0.15) is 5.10 Å². The van der Waals surface area contributed by atoms with Gasteiger partial charge in [0.1, 0.15) is 5.82 Å². The average Bonchev–Trinajstić information content (AvgIpc) is 2.67. The summed E-state index contributed by atoms with van der Waals surface area (Å²) in [5.41, 5.74) is 0. The smallest absolute Gasteiger partial charge is 0.239 e. The van der Waals surface area contributed by atoms with E-state index in [0.29, 0.717) is 13.2 Å². The van der Waals surface area contributed by atoms with Crippen LogP contribution in [-0.4, -0.2) is 77.4 Å². The van der Waals surface area contributed by atoms with Gasteiger partial charge in [-0.05, 0) is 38.3 Å². The van der Waals surface area contributed by atoms with Gasteiger partial charge >= 0.3 is 0 Å². The lowest BCUT2D eigenvalue weighted by atomic mass is 10.1. The van der Waals surface area contributed by atoms with Gasteiger partial charge in [0.25, 0.3) is 0 Å². The number of piperidine rings is 1. The average molecular weight is 333 g/mol. The molecule has 0 unspecified atom stereocenters. The number of carbonyl (C=O) groups is 1. The standard InChI is InChI=1S/C17H27N5O2/c1-14(17(23)21-8-3-2-4-9-21)22-10-11-24-15(13-22)12-18-16-6-5-7-19-20-16/h5-7,14-15H,2-4,8-13H2,1H3,(H,18,20)/t14-,15+/m1/s1. The zero-order valence-corrected chi connectivity index (χ0v) is 14.4. The lowest BCUT2D eigenvalue weighted by Gasteiger charge is -2.38. The van der Waals surface area contributed by atoms with Gasteiger partial charge in [-0.15, -0.1) is 5.10 Å². The molecule has 0 aliphatic carbocycles. The maximum atomic E-state index is 12.7. The maximum absolute atomic E-state index is 12.7. The van der Waals surface area contributed by atoms with Crippen molar-refractivity contribution in [1.29, 1.82) is 0 Å². The topological polar surface area (TPSA) is 70.6 Å². The molecule has 0 saturated carbocycles. The summed E-state index contributed by atoms with van der Waals surface area (Å²) in [5, 5.41) is 11.1. The van der Waals surface area contributed by atoms with Gasteiger partial charge in [0, 0.05) is 38.9 Å². The van der Waals surface area contributed by atoms with E-state index in [1.807, 2.05) is 24.0 Å². The number of rotatable bonds is 5. The van der Waals surface area contributed by atoms with E-state index in [1.54, 1.807) is 6.20 Å². The van der Waals surface area contributed by atoms with E-state index in [9.17, 15) is 4.79 Å². The van der Waals surface area contributed by atoms with Gasteiger partial charge in [0.2, 0.25) is 5.91 Å². The van der Waals surface area contributed by atoms with Crippen molar-refractivity contribution in [2.75, 3.05) is 44.6 Å². The fourth-order valence-corrected chi connectivity index (χ4v) is 3.37. The Balaban J connectivity index is 1.49. The van der Waals surface area contributed by atoms with Crippen molar-refractivity contribution in [3.8, 4) is 0 Å². The highest BCUT2D eigenvalue weighted by molar-refractivity contribution is 5.81. The SMILES string of the molecule is C[C@H](C(=O)N1CCCCC1)N1CCO[C@@H](CNc2cccnn2)C1. The van der Waals surface area contributed by atoms with Crippen molar-refractivity contribution in [3.05, 3.63) is 18.3 Å². The summed E-state index contributed by atoms with van der Waals surface area (Å²) in [6.07, 6.45) is 5.21. The Kier molecular flexibility index (Phi) is 5.98. The van der Waals surface area contributed by atoms with Crippen LogP contribution in [0.25, 0.3) is 0 Å². The number of carbonyl (C=O) groups excluding carboxylic acids is 1. The molecule has 0 aromatic carbocycles. The summed E-state index contributed by atoms with van der Waals surface area (Å²) in [6.45, 7) is 6.73. The Hall–Kier alpha value is -1.73. The Morgan fingerprint density at radius 3 is 2.96 bits per heavy atom. The number of hydrogen-bond donors (Lipinski definition) is 1. The molecule has 7 heteroatoms. The van der Waals surface area contributed by atoms with Crippen molar-refractivity contribution in [3.63, 3.8) is 0 Å². The van der Waals surface area contributed by atoms with E-state index in [-0.39, 0.29) is 18.1 Å². The summed E-state index contributed by atoms with van der Waals surface area (Å²) in [6, 6.07) is 3.66. The molecule has 3 heterocycles. The number of morpholine rings is 1. The molecule has 0 radical (unpaired) electrons. The number of anilines is 1. The molecule has 2 atom stereocenters. The van der Waals surface area contributed by atoms with Gasteiger partial charge in [0.05, 0.1) is 18.8 Å². The Morgan fingerprint density at radius 2 is 2.21 bits per heavy atom. The molecule has 2 saturated heterocycles. The van der Waals surface area contributed by atoms with Crippen molar-refractivity contribution in [2.45, 2.75) is 38.3 Å². The van der Waals surface area contributed by atoms with Gasteiger partial charge < -0.3 is 15.0 Å². The van der Waals surface area contributed by atoms with E-state index >= 15 is 0 Å². The van der Waals surface area contributed by atoms with E-state index in [1.165, 1.54) is 6.42 Å². The van der Waals surface area contributed by atoms with Crippen LogP contribution in [0.1, 0.15) is 26.2 Å². The predicted molar refractivity (Wildman–Crippen MR) is 91.7 cm³/mol. The molecule has 2 aliphatic rings. The van der Waals surface area contributed by atoms with Crippen LogP contribution in [0, 0.1) is 0 Å². The first-order valence-corrected chi connectivity index (χ1v) is 8.90. The summed E-state index contributed by atoms with van der Waals surface area (Å²) in [5.74, 6) is 1.01. The number of nitrogens with one attached hydrogen (secondary N) is 1. The number of amides is 1. The van der Waals surface area contributed by atoms with Gasteiger partial charge in [-0.25, -0.2) is 0 Å². The first kappa shape index (κ1) is 17.1. The number of likely N-dealkylation sites (tertiary alicyclic amines) is 1. The number of ether oxygens (including phenoxy) is 1. The fraction of sp³-hybridized carbons (Fsp3) is 0.706. The van der Waals surface area contributed by atoms with Crippen LogP contribution in [0.5, 0.6) is 0 Å². The monoisotopic (exact) mass is 333 g/mol. The van der Waals surface area contributed by atoms with Crippen molar-refractivity contribution >= 4 is 11.7 Å². The second-order valence-electron chi connectivity index (χ2n) is 6.54. The molecule has 1 amide bonds. The molecule has 1 N–H and O–H groups in total. The van der Waals surface area contributed by atoms with Crippen molar-refractivity contribution in [2.24, 2.45) is 0 Å². The third-order valence-electron chi connectivity index (χ3n) is 4.83. The molecule has 0 spiro atoms. The summed E-state index contributed by atoms with van der Waals surface area (Å²) >= 11 is 0. The Labute approximate surface area is 143 Å². The van der Waals surface area contributed by atoms with Gasteiger partial charge in [0.15, 0.2) is 0 Å². The second-order valence-corrected chi connectivity index (χ2v) is 6.54. The summed E-state index contributed by atoms with van der Waals surface area (Å²) < 4.78 is 5.83. The number of nitrogens with zero attached hydrogens (tertiary/aromatic N) is 4. The largest absolute Gasteiger partial charge is 0.374 e.